The van der Waals surface area contributed by atoms with Gasteiger partial charge in [-0.05, 0) is 54.7 Å². The van der Waals surface area contributed by atoms with Crippen molar-refractivity contribution in [1.82, 2.24) is 5.32 Å². The van der Waals surface area contributed by atoms with Crippen LogP contribution in [0.1, 0.15) is 50.1 Å². The molecular formula is C16H21BrN2O2. The minimum atomic E-state index is -0.275. The van der Waals surface area contributed by atoms with E-state index in [9.17, 15) is 4.79 Å². The molecule has 0 saturated heterocycles. The second-order valence-electron chi connectivity index (χ2n) is 5.81. The third-order valence-electron chi connectivity index (χ3n) is 4.32. The van der Waals surface area contributed by atoms with Gasteiger partial charge < -0.3 is 15.4 Å². The van der Waals surface area contributed by atoms with Crippen LogP contribution in [0.2, 0.25) is 0 Å². The number of carbonyl (C=O) groups is 1. The lowest BCUT2D eigenvalue weighted by molar-refractivity contribution is -0.117. The molecule has 1 aromatic rings. The minimum absolute atomic E-state index is 0.00832. The van der Waals surface area contributed by atoms with E-state index in [1.165, 1.54) is 25.7 Å². The van der Waals surface area contributed by atoms with E-state index in [0.29, 0.717) is 6.10 Å². The number of hydrogen-bond donors (Lipinski definition) is 2. The SMILES string of the molecule is CNC1C(=O)Nc2cc(OC3CCCCCC3)c(Br)cc21. The second-order valence-corrected chi connectivity index (χ2v) is 6.67. The summed E-state index contributed by atoms with van der Waals surface area (Å²) in [6.07, 6.45) is 7.64. The van der Waals surface area contributed by atoms with Crippen molar-refractivity contribution in [3.05, 3.63) is 22.2 Å². The Morgan fingerprint density at radius 2 is 1.95 bits per heavy atom. The number of halogens is 1. The van der Waals surface area contributed by atoms with Gasteiger partial charge in [0.2, 0.25) is 5.91 Å². The van der Waals surface area contributed by atoms with E-state index in [-0.39, 0.29) is 11.9 Å². The summed E-state index contributed by atoms with van der Waals surface area (Å²) in [6.45, 7) is 0. The molecule has 0 bridgehead atoms. The van der Waals surface area contributed by atoms with Crippen LogP contribution in [0.15, 0.2) is 16.6 Å². The first-order valence-corrected chi connectivity index (χ1v) is 8.46. The summed E-state index contributed by atoms with van der Waals surface area (Å²) in [6, 6.07) is 3.66. The Kier molecular flexibility index (Phi) is 4.50. The van der Waals surface area contributed by atoms with Gasteiger partial charge in [-0.2, -0.15) is 0 Å². The van der Waals surface area contributed by atoms with E-state index in [4.69, 9.17) is 4.74 Å². The lowest BCUT2D eigenvalue weighted by Gasteiger charge is -2.19. The number of carbonyl (C=O) groups excluding carboxylic acids is 1. The molecule has 1 saturated carbocycles. The van der Waals surface area contributed by atoms with Crippen molar-refractivity contribution >= 4 is 27.5 Å². The van der Waals surface area contributed by atoms with Crippen molar-refractivity contribution < 1.29 is 9.53 Å². The van der Waals surface area contributed by atoms with Gasteiger partial charge in [-0.15, -0.1) is 0 Å². The Labute approximate surface area is 133 Å². The van der Waals surface area contributed by atoms with Gasteiger partial charge in [0.05, 0.1) is 10.6 Å². The van der Waals surface area contributed by atoms with E-state index >= 15 is 0 Å². The van der Waals surface area contributed by atoms with Gasteiger partial charge in [-0.3, -0.25) is 4.79 Å². The molecule has 3 rings (SSSR count). The van der Waals surface area contributed by atoms with E-state index in [1.807, 2.05) is 12.1 Å². The summed E-state index contributed by atoms with van der Waals surface area (Å²) in [5, 5.41) is 5.95. The van der Waals surface area contributed by atoms with Crippen LogP contribution in [-0.2, 0) is 4.79 Å². The normalized spacial score (nSPS) is 22.6. The Morgan fingerprint density at radius 3 is 2.62 bits per heavy atom. The maximum Gasteiger partial charge on any atom is 0.246 e. The van der Waals surface area contributed by atoms with Gasteiger partial charge in [0.1, 0.15) is 11.8 Å². The molecule has 0 spiro atoms. The smallest absolute Gasteiger partial charge is 0.246 e. The van der Waals surface area contributed by atoms with Crippen LogP contribution in [0, 0.1) is 0 Å². The lowest BCUT2D eigenvalue weighted by Crippen LogP contribution is -2.23. The molecule has 114 valence electrons. The first-order chi connectivity index (χ1) is 10.2. The van der Waals surface area contributed by atoms with Crippen LogP contribution >= 0.6 is 15.9 Å². The molecule has 2 aliphatic rings. The minimum Gasteiger partial charge on any atom is -0.489 e. The molecule has 1 amide bonds. The van der Waals surface area contributed by atoms with Crippen molar-refractivity contribution in [1.29, 1.82) is 0 Å². The van der Waals surface area contributed by atoms with E-state index in [0.717, 1.165) is 34.3 Å². The molecule has 1 aromatic carbocycles. The zero-order chi connectivity index (χ0) is 14.8. The Morgan fingerprint density at radius 1 is 1.24 bits per heavy atom. The Balaban J connectivity index is 1.81. The number of anilines is 1. The molecule has 1 aliphatic carbocycles. The molecule has 1 heterocycles. The van der Waals surface area contributed by atoms with Crippen molar-refractivity contribution in [3.63, 3.8) is 0 Å². The van der Waals surface area contributed by atoms with Crippen molar-refractivity contribution in [3.8, 4) is 5.75 Å². The van der Waals surface area contributed by atoms with Crippen molar-refractivity contribution in [2.24, 2.45) is 0 Å². The molecule has 21 heavy (non-hydrogen) atoms. The molecule has 2 N–H and O–H groups in total. The van der Waals surface area contributed by atoms with Crippen LogP contribution in [0.3, 0.4) is 0 Å². The zero-order valence-electron chi connectivity index (χ0n) is 12.2. The standard InChI is InChI=1S/C16H21BrN2O2/c1-18-15-11-8-12(17)14(9-13(11)19-16(15)20)21-10-6-4-2-3-5-7-10/h8-10,15,18H,2-7H2,1H3,(H,19,20). The predicted octanol–water partition coefficient (Wildman–Crippen LogP) is 3.76. The predicted molar refractivity (Wildman–Crippen MR) is 86.7 cm³/mol. The largest absolute Gasteiger partial charge is 0.489 e. The molecule has 5 heteroatoms. The number of likely N-dealkylation sites (N-methyl/N-ethyl adjacent to an activating group) is 1. The third-order valence-corrected chi connectivity index (χ3v) is 4.94. The van der Waals surface area contributed by atoms with Crippen molar-refractivity contribution in [2.75, 3.05) is 12.4 Å². The third kappa shape index (κ3) is 3.09. The van der Waals surface area contributed by atoms with Gasteiger partial charge in [-0.1, -0.05) is 12.8 Å². The van der Waals surface area contributed by atoms with Gasteiger partial charge >= 0.3 is 0 Å². The second kappa shape index (κ2) is 6.36. The van der Waals surface area contributed by atoms with Gasteiger partial charge in [0.25, 0.3) is 0 Å². The van der Waals surface area contributed by atoms with Crippen LogP contribution in [0.25, 0.3) is 0 Å². The van der Waals surface area contributed by atoms with E-state index in [1.54, 1.807) is 7.05 Å². The first kappa shape index (κ1) is 14.9. The van der Waals surface area contributed by atoms with Crippen LogP contribution in [0.5, 0.6) is 5.75 Å². The van der Waals surface area contributed by atoms with E-state index in [2.05, 4.69) is 26.6 Å². The summed E-state index contributed by atoms with van der Waals surface area (Å²) >= 11 is 3.58. The molecule has 0 radical (unpaired) electrons. The fraction of sp³-hybridized carbons (Fsp3) is 0.562. The number of fused-ring (bicyclic) bond motifs is 1. The average Bonchev–Trinajstić information content (AvgIpc) is 2.65. The zero-order valence-corrected chi connectivity index (χ0v) is 13.8. The number of amides is 1. The van der Waals surface area contributed by atoms with Crippen molar-refractivity contribution in [2.45, 2.75) is 50.7 Å². The number of hydrogen-bond acceptors (Lipinski definition) is 3. The highest BCUT2D eigenvalue weighted by molar-refractivity contribution is 9.10. The van der Waals surface area contributed by atoms with Crippen LogP contribution in [0.4, 0.5) is 5.69 Å². The average molecular weight is 353 g/mol. The summed E-state index contributed by atoms with van der Waals surface area (Å²) in [5.74, 6) is 0.823. The highest BCUT2D eigenvalue weighted by atomic mass is 79.9. The lowest BCUT2D eigenvalue weighted by atomic mass is 10.1. The molecule has 1 aliphatic heterocycles. The van der Waals surface area contributed by atoms with E-state index < -0.39 is 0 Å². The van der Waals surface area contributed by atoms with Gasteiger partial charge in [0.15, 0.2) is 0 Å². The first-order valence-electron chi connectivity index (χ1n) is 7.67. The van der Waals surface area contributed by atoms with Crippen LogP contribution < -0.4 is 15.4 Å². The molecule has 1 unspecified atom stereocenters. The van der Waals surface area contributed by atoms with Gasteiger partial charge in [0, 0.05) is 17.3 Å². The topological polar surface area (TPSA) is 50.4 Å². The number of nitrogens with one attached hydrogen (secondary N) is 2. The highest BCUT2D eigenvalue weighted by Crippen LogP contribution is 2.39. The molecule has 1 atom stereocenters. The fourth-order valence-corrected chi connectivity index (χ4v) is 3.63. The maximum atomic E-state index is 11.9. The summed E-state index contributed by atoms with van der Waals surface area (Å²) < 4.78 is 7.10. The number of benzene rings is 1. The molecule has 4 nitrogen and oxygen atoms in total. The number of ether oxygens (including phenoxy) is 1. The number of rotatable bonds is 3. The molecular weight excluding hydrogens is 332 g/mol. The Bertz CT molecular complexity index is 539. The summed E-state index contributed by atoms with van der Waals surface area (Å²) in [5.41, 5.74) is 1.83. The summed E-state index contributed by atoms with van der Waals surface area (Å²) in [7, 11) is 1.79. The molecule has 0 aromatic heterocycles. The fourth-order valence-electron chi connectivity index (χ4n) is 3.18. The summed E-state index contributed by atoms with van der Waals surface area (Å²) in [4.78, 5) is 11.9. The maximum absolute atomic E-state index is 11.9. The monoisotopic (exact) mass is 352 g/mol. The Hall–Kier alpha value is -1.07. The highest BCUT2D eigenvalue weighted by Gasteiger charge is 2.30. The quantitative estimate of drug-likeness (QED) is 0.814. The van der Waals surface area contributed by atoms with Crippen LogP contribution in [-0.4, -0.2) is 19.1 Å². The van der Waals surface area contributed by atoms with Gasteiger partial charge in [-0.25, -0.2) is 0 Å². The molecule has 1 fully saturated rings.